The number of likely N-dealkylation sites (tertiary alicyclic amines) is 1. The fourth-order valence-electron chi connectivity index (χ4n) is 3.51. The average molecular weight is 287 g/mol. The van der Waals surface area contributed by atoms with E-state index >= 15 is 0 Å². The Bertz CT molecular complexity index is 478. The lowest BCUT2D eigenvalue weighted by Crippen LogP contribution is -2.39. The van der Waals surface area contributed by atoms with Gasteiger partial charge in [-0.1, -0.05) is 24.3 Å². The number of benzene rings is 1. The second-order valence-corrected chi connectivity index (χ2v) is 6.14. The van der Waals surface area contributed by atoms with Crippen LogP contribution in [0.4, 0.5) is 0 Å². The highest BCUT2D eigenvalue weighted by Crippen LogP contribution is 2.30. The molecule has 1 N–H and O–H groups in total. The molecule has 3 nitrogen and oxygen atoms in total. The first-order valence-electron chi connectivity index (χ1n) is 8.08. The third-order valence-electron chi connectivity index (χ3n) is 4.74. The molecule has 2 aliphatic heterocycles. The summed E-state index contributed by atoms with van der Waals surface area (Å²) in [5.74, 6) is 0.594. The molecule has 114 valence electrons. The Morgan fingerprint density at radius 1 is 1.14 bits per heavy atom. The van der Waals surface area contributed by atoms with E-state index in [1.165, 1.54) is 18.4 Å². The van der Waals surface area contributed by atoms with Crippen molar-refractivity contribution in [3.63, 3.8) is 0 Å². The van der Waals surface area contributed by atoms with Crippen molar-refractivity contribution in [3.8, 4) is 0 Å². The van der Waals surface area contributed by atoms with Crippen LogP contribution in [0.2, 0.25) is 0 Å². The van der Waals surface area contributed by atoms with Crippen LogP contribution in [0.3, 0.4) is 0 Å². The zero-order valence-electron chi connectivity index (χ0n) is 12.6. The Kier molecular flexibility index (Phi) is 4.94. The number of rotatable bonds is 4. The molecule has 0 saturated carbocycles. The summed E-state index contributed by atoms with van der Waals surface area (Å²) in [6.45, 7) is 3.47. The number of piperidine rings is 1. The molecule has 1 aromatic carbocycles. The van der Waals surface area contributed by atoms with E-state index in [0.717, 1.165) is 38.0 Å². The maximum atomic E-state index is 9.48. The topological polar surface area (TPSA) is 32.7 Å². The average Bonchev–Trinajstić information content (AvgIpc) is 2.56. The highest BCUT2D eigenvalue weighted by atomic mass is 16.5. The molecule has 1 fully saturated rings. The van der Waals surface area contributed by atoms with E-state index in [1.807, 2.05) is 18.4 Å². The molecule has 1 atom stereocenters. The van der Waals surface area contributed by atoms with E-state index in [1.54, 1.807) is 0 Å². The summed E-state index contributed by atoms with van der Waals surface area (Å²) in [6.07, 6.45) is 8.98. The molecule has 0 aromatic heterocycles. The molecule has 0 radical (unpaired) electrons. The molecular weight excluding hydrogens is 262 g/mol. The van der Waals surface area contributed by atoms with Crippen LogP contribution in [-0.2, 0) is 11.3 Å². The molecule has 2 aliphatic rings. The van der Waals surface area contributed by atoms with Crippen molar-refractivity contribution in [2.75, 3.05) is 19.6 Å². The predicted octanol–water partition coefficient (Wildman–Crippen LogP) is 3.05. The minimum Gasteiger partial charge on any atom is -0.497 e. The zero-order chi connectivity index (χ0) is 14.5. The van der Waals surface area contributed by atoms with Crippen molar-refractivity contribution >= 4 is 0 Å². The van der Waals surface area contributed by atoms with Crippen LogP contribution in [0, 0.1) is 0 Å². The first-order chi connectivity index (χ1) is 10.4. The molecule has 0 aliphatic carbocycles. The minimum absolute atomic E-state index is 0.151. The Labute approximate surface area is 127 Å². The van der Waals surface area contributed by atoms with Gasteiger partial charge in [0.05, 0.1) is 12.9 Å². The minimum atomic E-state index is 0.151. The van der Waals surface area contributed by atoms with Crippen molar-refractivity contribution in [3.05, 3.63) is 47.7 Å². The van der Waals surface area contributed by atoms with Crippen LogP contribution >= 0.6 is 0 Å². The molecule has 21 heavy (non-hydrogen) atoms. The highest BCUT2D eigenvalue weighted by Gasteiger charge is 2.24. The van der Waals surface area contributed by atoms with Crippen LogP contribution in [0.1, 0.15) is 42.7 Å². The molecule has 0 bridgehead atoms. The SMILES string of the molecule is OCc1ccccc1C1CCN(C[C@@H]2CCC=CO2)CC1. The maximum Gasteiger partial charge on any atom is 0.111 e. The van der Waals surface area contributed by atoms with E-state index in [0.29, 0.717) is 12.0 Å². The van der Waals surface area contributed by atoms with Gasteiger partial charge in [0.25, 0.3) is 0 Å². The van der Waals surface area contributed by atoms with Crippen molar-refractivity contribution in [1.82, 2.24) is 4.90 Å². The first kappa shape index (κ1) is 14.6. The monoisotopic (exact) mass is 287 g/mol. The summed E-state index contributed by atoms with van der Waals surface area (Å²) in [6, 6.07) is 8.33. The molecule has 2 heterocycles. The molecule has 1 aromatic rings. The van der Waals surface area contributed by atoms with Crippen LogP contribution in [0.25, 0.3) is 0 Å². The molecule has 3 rings (SSSR count). The van der Waals surface area contributed by atoms with Crippen LogP contribution in [0.5, 0.6) is 0 Å². The van der Waals surface area contributed by atoms with Crippen molar-refractivity contribution < 1.29 is 9.84 Å². The third-order valence-corrected chi connectivity index (χ3v) is 4.74. The predicted molar refractivity (Wildman–Crippen MR) is 84.0 cm³/mol. The van der Waals surface area contributed by atoms with Crippen LogP contribution < -0.4 is 0 Å². The zero-order valence-corrected chi connectivity index (χ0v) is 12.6. The molecule has 0 amide bonds. The van der Waals surface area contributed by atoms with Gasteiger partial charge in [-0.3, -0.25) is 4.90 Å². The third kappa shape index (κ3) is 3.66. The number of aliphatic hydroxyl groups is 1. The molecule has 1 saturated heterocycles. The molecular formula is C18H25NO2. The molecule has 0 unspecified atom stereocenters. The second kappa shape index (κ2) is 7.10. The van der Waals surface area contributed by atoms with Gasteiger partial charge >= 0.3 is 0 Å². The largest absolute Gasteiger partial charge is 0.497 e. The van der Waals surface area contributed by atoms with Gasteiger partial charge in [0, 0.05) is 6.54 Å². The van der Waals surface area contributed by atoms with Gasteiger partial charge < -0.3 is 9.84 Å². The maximum absolute atomic E-state index is 9.48. The quantitative estimate of drug-likeness (QED) is 0.924. The van der Waals surface area contributed by atoms with Gasteiger partial charge in [-0.25, -0.2) is 0 Å². The summed E-state index contributed by atoms with van der Waals surface area (Å²) in [5, 5.41) is 9.48. The Hall–Kier alpha value is -1.32. The normalized spacial score (nSPS) is 24.0. The summed E-state index contributed by atoms with van der Waals surface area (Å²) in [4.78, 5) is 2.53. The number of ether oxygens (including phenoxy) is 1. The van der Waals surface area contributed by atoms with E-state index in [4.69, 9.17) is 4.74 Å². The first-order valence-corrected chi connectivity index (χ1v) is 8.08. The summed E-state index contributed by atoms with van der Waals surface area (Å²) < 4.78 is 5.67. The van der Waals surface area contributed by atoms with Gasteiger partial charge in [-0.15, -0.1) is 0 Å². The summed E-state index contributed by atoms with van der Waals surface area (Å²) >= 11 is 0. The van der Waals surface area contributed by atoms with E-state index in [2.05, 4.69) is 23.1 Å². The highest BCUT2D eigenvalue weighted by molar-refractivity contribution is 5.30. The molecule has 0 spiro atoms. The van der Waals surface area contributed by atoms with E-state index in [9.17, 15) is 5.11 Å². The van der Waals surface area contributed by atoms with Crippen LogP contribution in [0.15, 0.2) is 36.6 Å². The number of nitrogens with zero attached hydrogens (tertiary/aromatic N) is 1. The van der Waals surface area contributed by atoms with Gasteiger partial charge in [-0.2, -0.15) is 0 Å². The van der Waals surface area contributed by atoms with Gasteiger partial charge in [0.1, 0.15) is 6.10 Å². The van der Waals surface area contributed by atoms with E-state index in [-0.39, 0.29) is 6.61 Å². The Morgan fingerprint density at radius 2 is 1.95 bits per heavy atom. The van der Waals surface area contributed by atoms with Gasteiger partial charge in [0.2, 0.25) is 0 Å². The van der Waals surface area contributed by atoms with Gasteiger partial charge in [-0.05, 0) is 61.9 Å². The summed E-state index contributed by atoms with van der Waals surface area (Å²) in [7, 11) is 0. The Morgan fingerprint density at radius 3 is 2.67 bits per heavy atom. The fraction of sp³-hybridized carbons (Fsp3) is 0.556. The Balaban J connectivity index is 1.54. The van der Waals surface area contributed by atoms with Crippen molar-refractivity contribution in [1.29, 1.82) is 0 Å². The molecule has 3 heteroatoms. The second-order valence-electron chi connectivity index (χ2n) is 6.14. The van der Waals surface area contributed by atoms with Crippen molar-refractivity contribution in [2.24, 2.45) is 0 Å². The standard InChI is InChI=1S/C18H25NO2/c20-14-16-5-1-2-7-18(16)15-8-10-19(11-9-15)13-17-6-3-4-12-21-17/h1-2,4-5,7,12,15,17,20H,3,6,8-11,13-14H2/t17-/m0/s1. The lowest BCUT2D eigenvalue weighted by molar-refractivity contribution is 0.0685. The lowest BCUT2D eigenvalue weighted by atomic mass is 9.86. The van der Waals surface area contributed by atoms with Crippen LogP contribution in [-0.4, -0.2) is 35.7 Å². The lowest BCUT2D eigenvalue weighted by Gasteiger charge is -2.35. The van der Waals surface area contributed by atoms with Crippen molar-refractivity contribution in [2.45, 2.75) is 44.3 Å². The fourth-order valence-corrected chi connectivity index (χ4v) is 3.51. The van der Waals surface area contributed by atoms with Gasteiger partial charge in [0.15, 0.2) is 0 Å². The van der Waals surface area contributed by atoms with E-state index < -0.39 is 0 Å². The number of aliphatic hydroxyl groups excluding tert-OH is 1. The number of allylic oxidation sites excluding steroid dienone is 1. The number of hydrogen-bond donors (Lipinski definition) is 1. The number of hydrogen-bond acceptors (Lipinski definition) is 3. The summed E-state index contributed by atoms with van der Waals surface area (Å²) in [5.41, 5.74) is 2.44. The smallest absolute Gasteiger partial charge is 0.111 e.